The Hall–Kier alpha value is -2.67. The average Bonchev–Trinajstić information content (AvgIpc) is 3.32. The third-order valence-corrected chi connectivity index (χ3v) is 5.50. The van der Waals surface area contributed by atoms with Gasteiger partial charge >= 0.3 is 0 Å². The Morgan fingerprint density at radius 2 is 1.96 bits per heavy atom. The number of hydrogen-bond acceptors (Lipinski definition) is 4. The van der Waals surface area contributed by atoms with Crippen molar-refractivity contribution in [3.8, 4) is 5.69 Å². The van der Waals surface area contributed by atoms with E-state index in [4.69, 9.17) is 4.99 Å². The molecule has 0 aliphatic carbocycles. The van der Waals surface area contributed by atoms with Crippen LogP contribution in [0.1, 0.15) is 28.1 Å². The highest BCUT2D eigenvalue weighted by molar-refractivity contribution is 7.11. The summed E-state index contributed by atoms with van der Waals surface area (Å²) in [4.78, 5) is 10.5. The molecule has 148 valence electrons. The van der Waals surface area contributed by atoms with Crippen molar-refractivity contribution in [2.75, 3.05) is 19.6 Å². The van der Waals surface area contributed by atoms with Gasteiger partial charge in [0.1, 0.15) is 0 Å². The summed E-state index contributed by atoms with van der Waals surface area (Å²) in [5, 5.41) is 12.1. The predicted molar refractivity (Wildman–Crippen MR) is 117 cm³/mol. The molecule has 2 N–H and O–H groups in total. The van der Waals surface area contributed by atoms with Crippen LogP contribution < -0.4 is 10.6 Å². The molecule has 0 radical (unpaired) electrons. The fourth-order valence-electron chi connectivity index (χ4n) is 2.98. The first kappa shape index (κ1) is 20.1. The second-order valence-electron chi connectivity index (χ2n) is 6.55. The van der Waals surface area contributed by atoms with Gasteiger partial charge in [0, 0.05) is 43.3 Å². The molecule has 0 unspecified atom stereocenters. The molecule has 2 heterocycles. The van der Waals surface area contributed by atoms with Crippen molar-refractivity contribution >= 4 is 17.3 Å². The third kappa shape index (κ3) is 5.66. The van der Waals surface area contributed by atoms with E-state index in [1.807, 2.05) is 16.9 Å². The minimum atomic E-state index is 0.760. The standard InChI is InChI=1S/C21H28N6S/c1-4-22-21(24-14-11-20-16(2)26-17(3)28-20)23-13-10-18-6-8-19(9-7-18)27-15-5-12-25-27/h5-9,12,15H,4,10-11,13-14H2,1-3H3,(H2,22,23,24). The van der Waals surface area contributed by atoms with Crippen LogP contribution in [0.15, 0.2) is 47.7 Å². The van der Waals surface area contributed by atoms with E-state index >= 15 is 0 Å². The summed E-state index contributed by atoms with van der Waals surface area (Å²) in [6.07, 6.45) is 5.61. The van der Waals surface area contributed by atoms with Gasteiger partial charge in [0.15, 0.2) is 5.96 Å². The smallest absolute Gasteiger partial charge is 0.191 e. The number of aliphatic imine (C=N–C) groups is 1. The number of nitrogens with zero attached hydrogens (tertiary/aromatic N) is 4. The molecule has 3 rings (SSSR count). The summed E-state index contributed by atoms with van der Waals surface area (Å²) < 4.78 is 1.87. The third-order valence-electron chi connectivity index (χ3n) is 4.36. The summed E-state index contributed by atoms with van der Waals surface area (Å²) in [6.45, 7) is 8.66. The van der Waals surface area contributed by atoms with Crippen molar-refractivity contribution in [3.05, 3.63) is 63.9 Å². The van der Waals surface area contributed by atoms with Crippen molar-refractivity contribution in [2.45, 2.75) is 33.6 Å². The van der Waals surface area contributed by atoms with Gasteiger partial charge in [-0.15, -0.1) is 11.3 Å². The highest BCUT2D eigenvalue weighted by Crippen LogP contribution is 2.17. The van der Waals surface area contributed by atoms with Crippen LogP contribution in [0, 0.1) is 13.8 Å². The molecule has 0 fully saturated rings. The molecule has 0 amide bonds. The van der Waals surface area contributed by atoms with Crippen LogP contribution in [0.5, 0.6) is 0 Å². The van der Waals surface area contributed by atoms with Crippen LogP contribution in [0.4, 0.5) is 0 Å². The Balaban J connectivity index is 1.48. The van der Waals surface area contributed by atoms with E-state index in [0.717, 1.165) is 54.8 Å². The van der Waals surface area contributed by atoms with Crippen LogP contribution in [-0.4, -0.2) is 40.4 Å². The Bertz CT molecular complexity index is 880. The normalized spacial score (nSPS) is 11.6. The molecule has 1 aromatic carbocycles. The fraction of sp³-hybridized carbons (Fsp3) is 0.381. The van der Waals surface area contributed by atoms with Crippen molar-refractivity contribution in [1.82, 2.24) is 25.4 Å². The molecule has 0 aliphatic heterocycles. The van der Waals surface area contributed by atoms with Crippen LogP contribution in [0.3, 0.4) is 0 Å². The van der Waals surface area contributed by atoms with Crippen LogP contribution in [0.2, 0.25) is 0 Å². The van der Waals surface area contributed by atoms with Crippen LogP contribution in [-0.2, 0) is 12.8 Å². The van der Waals surface area contributed by atoms with Gasteiger partial charge in [0.2, 0.25) is 0 Å². The molecule has 3 aromatic rings. The Kier molecular flexibility index (Phi) is 7.19. The van der Waals surface area contributed by atoms with Gasteiger partial charge in [-0.2, -0.15) is 5.10 Å². The zero-order valence-electron chi connectivity index (χ0n) is 16.8. The van der Waals surface area contributed by atoms with E-state index in [1.165, 1.54) is 10.4 Å². The van der Waals surface area contributed by atoms with Gasteiger partial charge in [0.05, 0.1) is 16.4 Å². The summed E-state index contributed by atoms with van der Waals surface area (Å²) in [7, 11) is 0. The van der Waals surface area contributed by atoms with Crippen LogP contribution >= 0.6 is 11.3 Å². The Morgan fingerprint density at radius 3 is 2.61 bits per heavy atom. The summed E-state index contributed by atoms with van der Waals surface area (Å²) in [6, 6.07) is 10.4. The molecule has 28 heavy (non-hydrogen) atoms. The summed E-state index contributed by atoms with van der Waals surface area (Å²) >= 11 is 1.77. The molecule has 6 nitrogen and oxygen atoms in total. The summed E-state index contributed by atoms with van der Waals surface area (Å²) in [5.41, 5.74) is 3.49. The second kappa shape index (κ2) is 10.0. The van der Waals surface area contributed by atoms with E-state index in [1.54, 1.807) is 17.5 Å². The van der Waals surface area contributed by atoms with Crippen molar-refractivity contribution < 1.29 is 0 Å². The first-order chi connectivity index (χ1) is 13.7. The number of thiazole rings is 1. The molecular weight excluding hydrogens is 368 g/mol. The molecule has 0 saturated heterocycles. The van der Waals surface area contributed by atoms with E-state index < -0.39 is 0 Å². The van der Waals surface area contributed by atoms with Gasteiger partial charge < -0.3 is 10.6 Å². The zero-order valence-corrected chi connectivity index (χ0v) is 17.6. The number of benzene rings is 1. The van der Waals surface area contributed by atoms with Crippen molar-refractivity contribution in [1.29, 1.82) is 0 Å². The second-order valence-corrected chi connectivity index (χ2v) is 7.83. The topological polar surface area (TPSA) is 67.1 Å². The highest BCUT2D eigenvalue weighted by atomic mass is 32.1. The van der Waals surface area contributed by atoms with E-state index in [-0.39, 0.29) is 0 Å². The lowest BCUT2D eigenvalue weighted by Gasteiger charge is -2.11. The van der Waals surface area contributed by atoms with Gasteiger partial charge in [-0.05, 0) is 51.0 Å². The number of guanidine groups is 1. The quantitative estimate of drug-likeness (QED) is 0.453. The maximum absolute atomic E-state index is 4.70. The first-order valence-corrected chi connectivity index (χ1v) is 10.5. The Labute approximate surface area is 170 Å². The molecule has 0 aliphatic rings. The fourth-order valence-corrected chi connectivity index (χ4v) is 3.90. The van der Waals surface area contributed by atoms with Gasteiger partial charge in [0.25, 0.3) is 0 Å². The number of rotatable bonds is 8. The minimum Gasteiger partial charge on any atom is -0.357 e. The number of nitrogens with one attached hydrogen (secondary N) is 2. The van der Waals surface area contributed by atoms with Crippen molar-refractivity contribution in [2.24, 2.45) is 4.99 Å². The largest absolute Gasteiger partial charge is 0.357 e. The molecule has 2 aromatic heterocycles. The minimum absolute atomic E-state index is 0.760. The maximum Gasteiger partial charge on any atom is 0.191 e. The lowest BCUT2D eigenvalue weighted by molar-refractivity contribution is 0.796. The zero-order chi connectivity index (χ0) is 19.8. The molecule has 0 atom stereocenters. The van der Waals surface area contributed by atoms with E-state index in [0.29, 0.717) is 0 Å². The number of aryl methyl sites for hydroxylation is 2. The molecule has 0 bridgehead atoms. The van der Waals surface area contributed by atoms with Gasteiger partial charge in [-0.25, -0.2) is 9.67 Å². The lowest BCUT2D eigenvalue weighted by atomic mass is 10.1. The predicted octanol–water partition coefficient (Wildman–Crippen LogP) is 3.29. The molecular formula is C21H28N6S. The Morgan fingerprint density at radius 1 is 1.14 bits per heavy atom. The SMILES string of the molecule is CCNC(=NCCc1sc(C)nc1C)NCCc1ccc(-n2cccn2)cc1. The van der Waals surface area contributed by atoms with E-state index in [2.05, 4.69) is 65.8 Å². The monoisotopic (exact) mass is 396 g/mol. The van der Waals surface area contributed by atoms with Crippen LogP contribution in [0.25, 0.3) is 5.69 Å². The highest BCUT2D eigenvalue weighted by Gasteiger charge is 2.04. The van der Waals surface area contributed by atoms with E-state index in [9.17, 15) is 0 Å². The van der Waals surface area contributed by atoms with Crippen molar-refractivity contribution in [3.63, 3.8) is 0 Å². The summed E-state index contributed by atoms with van der Waals surface area (Å²) in [5.74, 6) is 0.870. The first-order valence-electron chi connectivity index (χ1n) is 9.69. The average molecular weight is 397 g/mol. The lowest BCUT2D eigenvalue weighted by Crippen LogP contribution is -2.38. The number of hydrogen-bond donors (Lipinski definition) is 2. The number of aromatic nitrogens is 3. The maximum atomic E-state index is 4.70. The molecule has 0 saturated carbocycles. The van der Waals surface area contributed by atoms with Gasteiger partial charge in [-0.3, -0.25) is 4.99 Å². The molecule has 0 spiro atoms. The molecule has 7 heteroatoms. The van der Waals surface area contributed by atoms with Gasteiger partial charge in [-0.1, -0.05) is 12.1 Å².